The molecule has 0 saturated heterocycles. The second kappa shape index (κ2) is 9.83. The first-order chi connectivity index (χ1) is 15.2. The summed E-state index contributed by atoms with van der Waals surface area (Å²) >= 11 is 0. The lowest BCUT2D eigenvalue weighted by Gasteiger charge is -2.21. The maximum absolute atomic E-state index is 13.3. The molecule has 0 aliphatic heterocycles. The predicted octanol–water partition coefficient (Wildman–Crippen LogP) is 4.66. The predicted molar refractivity (Wildman–Crippen MR) is 128 cm³/mol. The van der Waals surface area contributed by atoms with Gasteiger partial charge in [-0.15, -0.1) is 0 Å². The lowest BCUT2D eigenvalue weighted by Crippen LogP contribution is -2.32. The van der Waals surface area contributed by atoms with Crippen LogP contribution < -0.4 is 4.90 Å². The summed E-state index contributed by atoms with van der Waals surface area (Å²) in [6.45, 7) is 14.2. The van der Waals surface area contributed by atoms with Gasteiger partial charge in [-0.1, -0.05) is 31.2 Å². The Balaban J connectivity index is 2.13. The number of halogens is 1. The van der Waals surface area contributed by atoms with E-state index in [2.05, 4.69) is 11.5 Å². The Hall–Kier alpha value is -2.71. The van der Waals surface area contributed by atoms with Gasteiger partial charge in [-0.2, -0.15) is 9.40 Å². The maximum atomic E-state index is 13.3. The van der Waals surface area contributed by atoms with E-state index in [1.165, 1.54) is 16.4 Å². The number of nitrogens with zero attached hydrogens (tertiary/aromatic N) is 4. The number of hydrogen-bond donors (Lipinski definition) is 0. The van der Waals surface area contributed by atoms with E-state index in [0.29, 0.717) is 13.1 Å². The smallest absolute Gasteiger partial charge is 0.243 e. The molecule has 0 N–H and O–H groups in total. The van der Waals surface area contributed by atoms with Crippen molar-refractivity contribution in [3.05, 3.63) is 66.0 Å². The van der Waals surface area contributed by atoms with Crippen LogP contribution in [0.15, 0.2) is 59.5 Å². The molecular weight excluding hydrogens is 427 g/mol. The van der Waals surface area contributed by atoms with Crippen LogP contribution in [0.4, 0.5) is 10.2 Å². The zero-order valence-corrected chi connectivity index (χ0v) is 20.0. The minimum Gasteiger partial charge on any atom is -0.355 e. The molecule has 172 valence electrons. The largest absolute Gasteiger partial charge is 0.355 e. The monoisotopic (exact) mass is 458 g/mol. The normalized spacial score (nSPS) is 11.9. The van der Waals surface area contributed by atoms with Crippen LogP contribution in [0.3, 0.4) is 0 Å². The third kappa shape index (κ3) is 4.86. The van der Waals surface area contributed by atoms with Crippen molar-refractivity contribution in [1.29, 1.82) is 0 Å². The van der Waals surface area contributed by atoms with Gasteiger partial charge in [0.25, 0.3) is 0 Å². The van der Waals surface area contributed by atoms with E-state index in [1.807, 2.05) is 32.4 Å². The summed E-state index contributed by atoms with van der Waals surface area (Å²) in [6.07, 6.45) is 0. The highest BCUT2D eigenvalue weighted by Gasteiger charge is 2.25. The number of benzene rings is 2. The first-order valence-corrected chi connectivity index (χ1v) is 12.3. The average molecular weight is 459 g/mol. The highest BCUT2D eigenvalue weighted by atomic mass is 32.2. The maximum Gasteiger partial charge on any atom is 0.243 e. The summed E-state index contributed by atoms with van der Waals surface area (Å²) in [4.78, 5) is 2.34. The number of rotatable bonds is 10. The van der Waals surface area contributed by atoms with Gasteiger partial charge in [0.1, 0.15) is 5.82 Å². The molecular formula is C24H31FN4O2S. The molecule has 1 heterocycles. The summed E-state index contributed by atoms with van der Waals surface area (Å²) in [6, 6.07) is 11.5. The number of anilines is 1. The number of hydrogen-bond acceptors (Lipinski definition) is 4. The van der Waals surface area contributed by atoms with E-state index in [0.717, 1.165) is 40.9 Å². The zero-order chi connectivity index (χ0) is 23.5. The SMILES string of the molecule is C=C(C)CN(CC)S(=O)(=O)c1ccc2c(c1)c(N(CC)CC)nn2Cc1ccc(F)cc1. The Morgan fingerprint density at radius 1 is 1.06 bits per heavy atom. The Morgan fingerprint density at radius 3 is 2.28 bits per heavy atom. The molecule has 0 saturated carbocycles. The molecule has 0 aliphatic carbocycles. The molecule has 32 heavy (non-hydrogen) atoms. The molecule has 3 rings (SSSR count). The minimum atomic E-state index is -3.67. The highest BCUT2D eigenvalue weighted by Crippen LogP contribution is 2.30. The molecule has 0 atom stereocenters. The number of aromatic nitrogens is 2. The van der Waals surface area contributed by atoms with Crippen molar-refractivity contribution in [1.82, 2.24) is 14.1 Å². The Morgan fingerprint density at radius 2 is 1.72 bits per heavy atom. The van der Waals surface area contributed by atoms with E-state index < -0.39 is 10.0 Å². The third-order valence-electron chi connectivity index (χ3n) is 5.45. The van der Waals surface area contributed by atoms with E-state index in [4.69, 9.17) is 5.10 Å². The van der Waals surface area contributed by atoms with Crippen LogP contribution in [-0.2, 0) is 16.6 Å². The lowest BCUT2D eigenvalue weighted by atomic mass is 10.2. The molecule has 0 amide bonds. The minimum absolute atomic E-state index is 0.239. The van der Waals surface area contributed by atoms with Gasteiger partial charge >= 0.3 is 0 Å². The fourth-order valence-corrected chi connectivity index (χ4v) is 5.29. The number of sulfonamides is 1. The topological polar surface area (TPSA) is 58.4 Å². The second-order valence-electron chi connectivity index (χ2n) is 7.85. The van der Waals surface area contributed by atoms with E-state index in [1.54, 1.807) is 30.3 Å². The summed E-state index contributed by atoms with van der Waals surface area (Å²) in [5.41, 5.74) is 2.53. The van der Waals surface area contributed by atoms with Gasteiger partial charge in [-0.05, 0) is 56.7 Å². The fraction of sp³-hybridized carbons (Fsp3) is 0.375. The molecule has 8 heteroatoms. The average Bonchev–Trinajstić information content (AvgIpc) is 3.12. The Bertz CT molecular complexity index is 1200. The zero-order valence-electron chi connectivity index (χ0n) is 19.2. The Kier molecular flexibility index (Phi) is 7.36. The van der Waals surface area contributed by atoms with Gasteiger partial charge in [-0.25, -0.2) is 12.8 Å². The third-order valence-corrected chi connectivity index (χ3v) is 7.36. The molecule has 0 unspecified atom stereocenters. The van der Waals surface area contributed by atoms with Crippen LogP contribution in [-0.4, -0.2) is 48.7 Å². The molecule has 3 aromatic rings. The summed E-state index contributed by atoms with van der Waals surface area (Å²) in [5.74, 6) is 0.458. The molecule has 0 fully saturated rings. The van der Waals surface area contributed by atoms with Gasteiger partial charge in [0.2, 0.25) is 10.0 Å². The molecule has 6 nitrogen and oxygen atoms in total. The van der Waals surface area contributed by atoms with Crippen molar-refractivity contribution in [2.45, 2.75) is 39.1 Å². The fourth-order valence-electron chi connectivity index (χ4n) is 3.76. The molecule has 0 spiro atoms. The van der Waals surface area contributed by atoms with Gasteiger partial charge in [0.15, 0.2) is 5.82 Å². The van der Waals surface area contributed by atoms with Crippen LogP contribution >= 0.6 is 0 Å². The van der Waals surface area contributed by atoms with Crippen molar-refractivity contribution < 1.29 is 12.8 Å². The quantitative estimate of drug-likeness (QED) is 0.415. The second-order valence-corrected chi connectivity index (χ2v) is 9.79. The van der Waals surface area contributed by atoms with E-state index >= 15 is 0 Å². The molecule has 0 aliphatic rings. The van der Waals surface area contributed by atoms with Crippen molar-refractivity contribution in [3.63, 3.8) is 0 Å². The van der Waals surface area contributed by atoms with Gasteiger partial charge in [-0.3, -0.25) is 4.68 Å². The van der Waals surface area contributed by atoms with Crippen molar-refractivity contribution >= 4 is 26.7 Å². The van der Waals surface area contributed by atoms with Crippen molar-refractivity contribution in [3.8, 4) is 0 Å². The molecule has 0 bridgehead atoms. The van der Waals surface area contributed by atoms with E-state index in [9.17, 15) is 12.8 Å². The van der Waals surface area contributed by atoms with Crippen LogP contribution in [0.25, 0.3) is 10.9 Å². The van der Waals surface area contributed by atoms with Crippen LogP contribution in [0, 0.1) is 5.82 Å². The van der Waals surface area contributed by atoms with Crippen molar-refractivity contribution in [2.24, 2.45) is 0 Å². The summed E-state index contributed by atoms with van der Waals surface area (Å²) in [7, 11) is -3.67. The standard InChI is InChI=1S/C24H31FN4O2S/c1-6-27(7-2)24-22-15-21(32(30,31)28(8-3)16-18(4)5)13-14-23(22)29(26-24)17-19-9-11-20(25)12-10-19/h9-15H,4,6-8,16-17H2,1-3,5H3. The van der Waals surface area contributed by atoms with Gasteiger partial charge in [0.05, 0.1) is 17.0 Å². The van der Waals surface area contributed by atoms with Gasteiger partial charge in [0, 0.05) is 31.6 Å². The van der Waals surface area contributed by atoms with Crippen molar-refractivity contribution in [2.75, 3.05) is 31.1 Å². The number of likely N-dealkylation sites (N-methyl/N-ethyl adjacent to an activating group) is 1. The van der Waals surface area contributed by atoms with E-state index in [-0.39, 0.29) is 17.3 Å². The van der Waals surface area contributed by atoms with Crippen LogP contribution in [0.2, 0.25) is 0 Å². The first-order valence-electron chi connectivity index (χ1n) is 10.9. The Labute approximate surface area is 190 Å². The van der Waals surface area contributed by atoms with Gasteiger partial charge < -0.3 is 4.90 Å². The highest BCUT2D eigenvalue weighted by molar-refractivity contribution is 7.89. The lowest BCUT2D eigenvalue weighted by molar-refractivity contribution is 0.453. The van der Waals surface area contributed by atoms with Crippen LogP contribution in [0.5, 0.6) is 0 Å². The number of fused-ring (bicyclic) bond motifs is 1. The molecule has 2 aromatic carbocycles. The molecule has 1 aromatic heterocycles. The summed E-state index contributed by atoms with van der Waals surface area (Å²) in [5, 5.41) is 5.59. The van der Waals surface area contributed by atoms with Crippen LogP contribution in [0.1, 0.15) is 33.3 Å². The molecule has 0 radical (unpaired) electrons. The summed E-state index contributed by atoms with van der Waals surface area (Å²) < 4.78 is 43.2. The first kappa shape index (κ1) is 23.9.